The minimum atomic E-state index is -0.0693. The summed E-state index contributed by atoms with van der Waals surface area (Å²) in [6.45, 7) is 11.5. The number of allylic oxidation sites excluding steroid dienone is 2. The Bertz CT molecular complexity index is 840. The van der Waals surface area contributed by atoms with Gasteiger partial charge in [0.15, 0.2) is 0 Å². The molecule has 0 aromatic heterocycles. The van der Waals surface area contributed by atoms with Crippen molar-refractivity contribution < 1.29 is 0 Å². The maximum atomic E-state index is 4.36. The van der Waals surface area contributed by atoms with Crippen molar-refractivity contribution >= 4 is 17.5 Å². The van der Waals surface area contributed by atoms with Crippen LogP contribution in [-0.2, 0) is 5.41 Å². The summed E-state index contributed by atoms with van der Waals surface area (Å²) in [7, 11) is 1.84. The summed E-state index contributed by atoms with van der Waals surface area (Å²) in [5.41, 5.74) is 7.40. The molecule has 0 radical (unpaired) electrons. The van der Waals surface area contributed by atoms with Crippen LogP contribution in [0.25, 0.3) is 5.57 Å². The molecule has 1 heterocycles. The van der Waals surface area contributed by atoms with Crippen molar-refractivity contribution in [1.29, 1.82) is 0 Å². The molecule has 1 aliphatic heterocycles. The average Bonchev–Trinajstić information content (AvgIpc) is 2.58. The first-order valence-corrected chi connectivity index (χ1v) is 8.90. The van der Waals surface area contributed by atoms with Crippen molar-refractivity contribution in [2.45, 2.75) is 40.0 Å². The third-order valence-corrected chi connectivity index (χ3v) is 6.00. The van der Waals surface area contributed by atoms with E-state index in [1.807, 2.05) is 13.3 Å². The van der Waals surface area contributed by atoms with Crippen molar-refractivity contribution in [3.63, 3.8) is 0 Å². The monoisotopic (exact) mass is 332 g/mol. The van der Waals surface area contributed by atoms with Crippen molar-refractivity contribution in [3.8, 4) is 0 Å². The van der Waals surface area contributed by atoms with Gasteiger partial charge in [0.1, 0.15) is 0 Å². The van der Waals surface area contributed by atoms with Gasteiger partial charge >= 0.3 is 0 Å². The van der Waals surface area contributed by atoms with Crippen LogP contribution in [0.3, 0.4) is 0 Å². The Morgan fingerprint density at radius 2 is 1.60 bits per heavy atom. The molecule has 2 heteroatoms. The molecule has 3 rings (SSSR count). The molecule has 0 spiro atoms. The van der Waals surface area contributed by atoms with E-state index in [0.29, 0.717) is 0 Å². The fourth-order valence-corrected chi connectivity index (χ4v) is 3.72. The number of nitrogens with one attached hydrogen (secondary N) is 1. The summed E-state index contributed by atoms with van der Waals surface area (Å²) in [6.07, 6.45) is 1.98. The minimum absolute atomic E-state index is 0.00342. The Kier molecular flexibility index (Phi) is 4.32. The van der Waals surface area contributed by atoms with Crippen molar-refractivity contribution in [1.82, 2.24) is 0 Å². The van der Waals surface area contributed by atoms with Gasteiger partial charge in [0.2, 0.25) is 0 Å². The van der Waals surface area contributed by atoms with E-state index >= 15 is 0 Å². The Morgan fingerprint density at radius 1 is 0.920 bits per heavy atom. The number of fused-ring (bicyclic) bond motifs is 1. The zero-order chi connectivity index (χ0) is 18.2. The number of hydrogen-bond acceptors (Lipinski definition) is 2. The first-order valence-electron chi connectivity index (χ1n) is 8.90. The predicted octanol–water partition coefficient (Wildman–Crippen LogP) is 5.84. The molecule has 0 atom stereocenters. The van der Waals surface area contributed by atoms with Crippen LogP contribution in [0.1, 0.15) is 44.4 Å². The lowest BCUT2D eigenvalue weighted by Crippen LogP contribution is -2.45. The summed E-state index contributed by atoms with van der Waals surface area (Å²) in [5, 5.41) is 3.78. The third-order valence-electron chi connectivity index (χ3n) is 6.00. The molecule has 130 valence electrons. The normalized spacial score (nSPS) is 20.1. The van der Waals surface area contributed by atoms with E-state index < -0.39 is 0 Å². The molecular formula is C23H28N2. The number of para-hydroxylation sites is 1. The summed E-state index contributed by atoms with van der Waals surface area (Å²) in [6, 6.07) is 17.1. The van der Waals surface area contributed by atoms with Gasteiger partial charge in [-0.3, -0.25) is 4.99 Å². The number of aliphatic imine (C=N–C) groups is 1. The molecule has 0 saturated heterocycles. The third kappa shape index (κ3) is 2.70. The highest BCUT2D eigenvalue weighted by Crippen LogP contribution is 2.54. The Hall–Kier alpha value is -2.35. The Morgan fingerprint density at radius 3 is 2.24 bits per heavy atom. The molecular weight excluding hydrogens is 304 g/mol. The molecule has 0 aliphatic carbocycles. The maximum Gasteiger partial charge on any atom is 0.0450 e. The number of benzene rings is 2. The lowest BCUT2D eigenvalue weighted by molar-refractivity contribution is 0.245. The molecule has 0 saturated carbocycles. The van der Waals surface area contributed by atoms with Crippen molar-refractivity contribution in [2.24, 2.45) is 10.4 Å². The first kappa shape index (κ1) is 17.5. The van der Waals surface area contributed by atoms with Crippen LogP contribution >= 0.6 is 0 Å². The SMILES string of the molecule is CN=C/C(=C1\Nc2c(C)cccc2C(C)(C)C1(C)C)c1ccccc1. The Balaban J connectivity index is 2.33. The second kappa shape index (κ2) is 6.18. The van der Waals surface area contributed by atoms with Gasteiger partial charge in [0.05, 0.1) is 0 Å². The zero-order valence-electron chi connectivity index (χ0n) is 16.1. The number of nitrogens with zero attached hydrogens (tertiary/aromatic N) is 1. The van der Waals surface area contributed by atoms with E-state index in [1.165, 1.54) is 28.1 Å². The van der Waals surface area contributed by atoms with E-state index in [9.17, 15) is 0 Å². The number of hydrogen-bond donors (Lipinski definition) is 1. The molecule has 0 fully saturated rings. The average molecular weight is 332 g/mol. The molecule has 2 nitrogen and oxygen atoms in total. The smallest absolute Gasteiger partial charge is 0.0450 e. The van der Waals surface area contributed by atoms with Gasteiger partial charge in [-0.05, 0) is 23.6 Å². The maximum absolute atomic E-state index is 4.36. The lowest BCUT2D eigenvalue weighted by atomic mass is 9.59. The van der Waals surface area contributed by atoms with Gasteiger partial charge in [0.25, 0.3) is 0 Å². The fraction of sp³-hybridized carbons (Fsp3) is 0.348. The van der Waals surface area contributed by atoms with Crippen molar-refractivity contribution in [3.05, 3.63) is 70.9 Å². The van der Waals surface area contributed by atoms with Gasteiger partial charge < -0.3 is 5.32 Å². The topological polar surface area (TPSA) is 24.4 Å². The molecule has 2 aromatic rings. The Labute approximate surface area is 151 Å². The van der Waals surface area contributed by atoms with Gasteiger partial charge in [0, 0.05) is 41.0 Å². The van der Waals surface area contributed by atoms with Crippen LogP contribution in [0, 0.1) is 12.3 Å². The summed E-state index contributed by atoms with van der Waals surface area (Å²) >= 11 is 0. The second-order valence-corrected chi connectivity index (χ2v) is 7.91. The lowest BCUT2D eigenvalue weighted by Gasteiger charge is -2.50. The van der Waals surface area contributed by atoms with Gasteiger partial charge in [-0.2, -0.15) is 0 Å². The van der Waals surface area contributed by atoms with Crippen LogP contribution in [0.5, 0.6) is 0 Å². The quantitative estimate of drug-likeness (QED) is 0.687. The number of rotatable bonds is 2. The summed E-state index contributed by atoms with van der Waals surface area (Å²) in [5.74, 6) is 0. The van der Waals surface area contributed by atoms with Gasteiger partial charge in [-0.1, -0.05) is 76.2 Å². The zero-order valence-corrected chi connectivity index (χ0v) is 16.1. The highest BCUT2D eigenvalue weighted by Gasteiger charge is 2.47. The molecule has 0 bridgehead atoms. The molecule has 1 N–H and O–H groups in total. The van der Waals surface area contributed by atoms with Crippen LogP contribution in [-0.4, -0.2) is 13.3 Å². The summed E-state index contributed by atoms with van der Waals surface area (Å²) < 4.78 is 0. The van der Waals surface area contributed by atoms with Crippen LogP contribution in [0.4, 0.5) is 5.69 Å². The summed E-state index contributed by atoms with van der Waals surface area (Å²) in [4.78, 5) is 4.36. The van der Waals surface area contributed by atoms with E-state index in [1.54, 1.807) is 0 Å². The van der Waals surface area contributed by atoms with E-state index in [2.05, 4.69) is 93.5 Å². The molecule has 0 amide bonds. The first-order chi connectivity index (χ1) is 11.8. The van der Waals surface area contributed by atoms with Crippen LogP contribution < -0.4 is 5.32 Å². The molecule has 0 unspecified atom stereocenters. The highest BCUT2D eigenvalue weighted by molar-refractivity contribution is 6.12. The van der Waals surface area contributed by atoms with Crippen LogP contribution in [0.15, 0.2) is 59.2 Å². The van der Waals surface area contributed by atoms with Crippen molar-refractivity contribution in [2.75, 3.05) is 12.4 Å². The minimum Gasteiger partial charge on any atom is -0.357 e. The molecule has 1 aliphatic rings. The standard InChI is InChI=1S/C23H28N2/c1-16-11-10-14-19-20(16)25-21(23(4,5)22(19,2)3)18(15-24-6)17-12-8-7-9-13-17/h7-15,25H,1-6H3/b21-18+,24-15?. The largest absolute Gasteiger partial charge is 0.357 e. The van der Waals surface area contributed by atoms with Gasteiger partial charge in [-0.25, -0.2) is 0 Å². The molecule has 2 aromatic carbocycles. The van der Waals surface area contributed by atoms with Gasteiger partial charge in [-0.15, -0.1) is 0 Å². The number of aryl methyl sites for hydroxylation is 1. The molecule has 25 heavy (non-hydrogen) atoms. The predicted molar refractivity (Wildman–Crippen MR) is 109 cm³/mol. The fourth-order valence-electron chi connectivity index (χ4n) is 3.72. The highest BCUT2D eigenvalue weighted by atomic mass is 15.0. The second-order valence-electron chi connectivity index (χ2n) is 7.91. The van der Waals surface area contributed by atoms with E-state index in [-0.39, 0.29) is 10.8 Å². The van der Waals surface area contributed by atoms with E-state index in [0.717, 1.165) is 5.57 Å². The number of anilines is 1. The van der Waals surface area contributed by atoms with E-state index in [4.69, 9.17) is 0 Å². The van der Waals surface area contributed by atoms with Crippen LogP contribution in [0.2, 0.25) is 0 Å².